The van der Waals surface area contributed by atoms with E-state index in [4.69, 9.17) is 0 Å². The molecule has 0 spiro atoms. The summed E-state index contributed by atoms with van der Waals surface area (Å²) in [5.74, 6) is 0.559. The van der Waals surface area contributed by atoms with Gasteiger partial charge in [0.2, 0.25) is 0 Å². The largest absolute Gasteiger partial charge is 0.366 e. The van der Waals surface area contributed by atoms with Crippen molar-refractivity contribution in [2.45, 2.75) is 44.6 Å². The monoisotopic (exact) mass is 363 g/mol. The zero-order valence-corrected chi connectivity index (χ0v) is 15.4. The van der Waals surface area contributed by atoms with Gasteiger partial charge in [0.05, 0.1) is 0 Å². The summed E-state index contributed by atoms with van der Waals surface area (Å²) in [5.41, 5.74) is 2.66. The molecule has 4 rings (SSSR count). The van der Waals surface area contributed by atoms with Crippen LogP contribution in [0.1, 0.15) is 48.2 Å². The molecular formula is C21H25N5O. The lowest BCUT2D eigenvalue weighted by atomic mass is 9.95. The topological polar surface area (TPSA) is 82.7 Å². The number of aromatic amines is 1. The van der Waals surface area contributed by atoms with Crippen LogP contribution < -0.4 is 10.6 Å². The maximum absolute atomic E-state index is 12.3. The van der Waals surface area contributed by atoms with Gasteiger partial charge in [-0.2, -0.15) is 0 Å². The fraction of sp³-hybridized carbons (Fsp3) is 0.381. The van der Waals surface area contributed by atoms with Gasteiger partial charge in [-0.05, 0) is 43.0 Å². The molecule has 2 aromatic heterocycles. The van der Waals surface area contributed by atoms with E-state index in [9.17, 15) is 4.79 Å². The molecule has 140 valence electrons. The van der Waals surface area contributed by atoms with Gasteiger partial charge in [-0.3, -0.25) is 4.79 Å². The van der Waals surface area contributed by atoms with Crippen molar-refractivity contribution in [3.63, 3.8) is 0 Å². The zero-order valence-electron chi connectivity index (χ0n) is 15.4. The highest BCUT2D eigenvalue weighted by atomic mass is 16.1. The van der Waals surface area contributed by atoms with Gasteiger partial charge in [0.25, 0.3) is 5.91 Å². The highest BCUT2D eigenvalue weighted by molar-refractivity contribution is 5.92. The zero-order chi connectivity index (χ0) is 18.5. The predicted molar refractivity (Wildman–Crippen MR) is 107 cm³/mol. The van der Waals surface area contributed by atoms with Crippen LogP contribution in [-0.2, 0) is 6.42 Å². The second kappa shape index (κ2) is 8.20. The molecule has 0 radical (unpaired) electrons. The van der Waals surface area contributed by atoms with Crippen LogP contribution in [0.5, 0.6) is 0 Å². The Bertz CT molecular complexity index is 896. The predicted octanol–water partition coefficient (Wildman–Crippen LogP) is 3.68. The van der Waals surface area contributed by atoms with E-state index in [-0.39, 0.29) is 5.91 Å². The minimum Gasteiger partial charge on any atom is -0.366 e. The molecule has 1 aliphatic rings. The number of nitrogens with zero attached hydrogens (tertiary/aromatic N) is 2. The van der Waals surface area contributed by atoms with Crippen LogP contribution in [0.25, 0.3) is 10.9 Å². The molecule has 1 saturated carbocycles. The number of amides is 1. The Morgan fingerprint density at radius 1 is 1.07 bits per heavy atom. The van der Waals surface area contributed by atoms with Gasteiger partial charge in [-0.1, -0.05) is 37.5 Å². The van der Waals surface area contributed by atoms with E-state index in [1.807, 2.05) is 24.4 Å². The van der Waals surface area contributed by atoms with Crippen molar-refractivity contribution in [2.24, 2.45) is 0 Å². The molecule has 0 bridgehead atoms. The summed E-state index contributed by atoms with van der Waals surface area (Å²) in [6.07, 6.45) is 8.98. The van der Waals surface area contributed by atoms with Crippen LogP contribution in [0.3, 0.4) is 0 Å². The number of H-pyrrole nitrogens is 1. The molecular weight excluding hydrogens is 338 g/mol. The van der Waals surface area contributed by atoms with Crippen LogP contribution in [0.2, 0.25) is 0 Å². The SMILES string of the molecule is O=C(NCCc1c[nH]c2ccccc12)c1ccc(NC2CCCCC2)nn1. The number of carbonyl (C=O) groups is 1. The first-order valence-electron chi connectivity index (χ1n) is 9.73. The van der Waals surface area contributed by atoms with Crippen molar-refractivity contribution in [3.05, 3.63) is 53.9 Å². The maximum Gasteiger partial charge on any atom is 0.271 e. The summed E-state index contributed by atoms with van der Waals surface area (Å²) in [7, 11) is 0. The lowest BCUT2D eigenvalue weighted by molar-refractivity contribution is 0.0948. The van der Waals surface area contributed by atoms with E-state index >= 15 is 0 Å². The van der Waals surface area contributed by atoms with Crippen LogP contribution in [-0.4, -0.2) is 33.7 Å². The number of benzene rings is 1. The van der Waals surface area contributed by atoms with Crippen molar-refractivity contribution in [2.75, 3.05) is 11.9 Å². The quantitative estimate of drug-likeness (QED) is 0.624. The van der Waals surface area contributed by atoms with Gasteiger partial charge in [-0.15, -0.1) is 10.2 Å². The molecule has 3 N–H and O–H groups in total. The van der Waals surface area contributed by atoms with Gasteiger partial charge in [-0.25, -0.2) is 0 Å². The summed E-state index contributed by atoms with van der Waals surface area (Å²) in [6, 6.07) is 12.2. The molecule has 0 saturated heterocycles. The van der Waals surface area contributed by atoms with Crippen LogP contribution in [0.15, 0.2) is 42.6 Å². The second-order valence-corrected chi connectivity index (χ2v) is 7.15. The smallest absolute Gasteiger partial charge is 0.271 e. The second-order valence-electron chi connectivity index (χ2n) is 7.15. The molecule has 0 aliphatic heterocycles. The van der Waals surface area contributed by atoms with Gasteiger partial charge < -0.3 is 15.6 Å². The highest BCUT2D eigenvalue weighted by Gasteiger charge is 2.14. The van der Waals surface area contributed by atoms with E-state index in [2.05, 4.69) is 37.9 Å². The number of carbonyl (C=O) groups excluding carboxylic acids is 1. The van der Waals surface area contributed by atoms with Crippen LogP contribution >= 0.6 is 0 Å². The van der Waals surface area contributed by atoms with E-state index in [0.29, 0.717) is 18.3 Å². The molecule has 1 aromatic carbocycles. The highest BCUT2D eigenvalue weighted by Crippen LogP contribution is 2.20. The minimum absolute atomic E-state index is 0.188. The molecule has 1 aliphatic carbocycles. The third kappa shape index (κ3) is 4.27. The van der Waals surface area contributed by atoms with Crippen LogP contribution in [0, 0.1) is 0 Å². The average Bonchev–Trinajstić information content (AvgIpc) is 3.12. The summed E-state index contributed by atoms with van der Waals surface area (Å²) in [5, 5.41) is 15.8. The number of fused-ring (bicyclic) bond motifs is 1. The Kier molecular flexibility index (Phi) is 5.32. The molecule has 2 heterocycles. The number of anilines is 1. The molecule has 6 nitrogen and oxygen atoms in total. The summed E-state index contributed by atoms with van der Waals surface area (Å²) < 4.78 is 0. The maximum atomic E-state index is 12.3. The van der Waals surface area contributed by atoms with Gasteiger partial charge >= 0.3 is 0 Å². The third-order valence-corrected chi connectivity index (χ3v) is 5.21. The third-order valence-electron chi connectivity index (χ3n) is 5.21. The molecule has 27 heavy (non-hydrogen) atoms. The molecule has 1 fully saturated rings. The number of rotatable bonds is 6. The number of aromatic nitrogens is 3. The van der Waals surface area contributed by atoms with Crippen LogP contribution in [0.4, 0.5) is 5.82 Å². The summed E-state index contributed by atoms with van der Waals surface area (Å²) in [4.78, 5) is 15.6. The molecule has 3 aromatic rings. The number of hydrogen-bond donors (Lipinski definition) is 3. The lowest BCUT2D eigenvalue weighted by Crippen LogP contribution is -2.27. The summed E-state index contributed by atoms with van der Waals surface area (Å²) >= 11 is 0. The Labute approximate surface area is 158 Å². The molecule has 1 amide bonds. The molecule has 0 unspecified atom stereocenters. The first-order chi connectivity index (χ1) is 13.3. The fourth-order valence-electron chi connectivity index (χ4n) is 3.73. The molecule has 6 heteroatoms. The van der Waals surface area contributed by atoms with Gasteiger partial charge in [0, 0.05) is 29.7 Å². The standard InChI is InChI=1S/C21H25N5O/c27-21(22-13-12-15-14-23-18-9-5-4-8-17(15)18)19-10-11-20(26-25-19)24-16-6-2-1-3-7-16/h4-5,8-11,14,16,23H,1-3,6-7,12-13H2,(H,22,27)(H,24,26). The minimum atomic E-state index is -0.188. The van der Waals surface area contributed by atoms with Gasteiger partial charge in [0.1, 0.15) is 5.82 Å². The number of hydrogen-bond acceptors (Lipinski definition) is 4. The van der Waals surface area contributed by atoms with Crippen molar-refractivity contribution in [3.8, 4) is 0 Å². The molecule has 0 atom stereocenters. The van der Waals surface area contributed by atoms with Crippen molar-refractivity contribution < 1.29 is 4.79 Å². The van der Waals surface area contributed by atoms with Gasteiger partial charge in [0.15, 0.2) is 5.69 Å². The van der Waals surface area contributed by atoms with E-state index in [1.54, 1.807) is 6.07 Å². The Balaban J connectivity index is 1.29. The Morgan fingerprint density at radius 3 is 2.74 bits per heavy atom. The lowest BCUT2D eigenvalue weighted by Gasteiger charge is -2.22. The van der Waals surface area contributed by atoms with E-state index < -0.39 is 0 Å². The van der Waals surface area contributed by atoms with Crippen molar-refractivity contribution in [1.29, 1.82) is 0 Å². The number of para-hydroxylation sites is 1. The number of nitrogens with one attached hydrogen (secondary N) is 3. The Hall–Kier alpha value is -2.89. The van der Waals surface area contributed by atoms with E-state index in [1.165, 1.54) is 43.1 Å². The average molecular weight is 363 g/mol. The van der Waals surface area contributed by atoms with Crippen molar-refractivity contribution >= 4 is 22.6 Å². The van der Waals surface area contributed by atoms with E-state index in [0.717, 1.165) is 17.8 Å². The van der Waals surface area contributed by atoms with Crippen molar-refractivity contribution in [1.82, 2.24) is 20.5 Å². The Morgan fingerprint density at radius 2 is 1.93 bits per heavy atom. The first kappa shape index (κ1) is 17.5. The normalized spacial score (nSPS) is 15.0. The fourth-order valence-corrected chi connectivity index (χ4v) is 3.73. The first-order valence-corrected chi connectivity index (χ1v) is 9.73. The summed E-state index contributed by atoms with van der Waals surface area (Å²) in [6.45, 7) is 0.560.